The van der Waals surface area contributed by atoms with Crippen molar-refractivity contribution in [1.82, 2.24) is 9.80 Å². The Kier molecular flexibility index (Phi) is 4.00. The summed E-state index contributed by atoms with van der Waals surface area (Å²) in [5.41, 5.74) is 1.01. The highest BCUT2D eigenvalue weighted by Crippen LogP contribution is 2.43. The van der Waals surface area contributed by atoms with Crippen LogP contribution in [0.25, 0.3) is 0 Å². The Bertz CT molecular complexity index is 505. The molecule has 2 atom stereocenters. The third-order valence-electron chi connectivity index (χ3n) is 5.04. The van der Waals surface area contributed by atoms with Gasteiger partial charge < -0.3 is 14.5 Å². The van der Waals surface area contributed by atoms with E-state index in [-0.39, 0.29) is 11.3 Å². The molecule has 0 aliphatic carbocycles. The van der Waals surface area contributed by atoms with Crippen LogP contribution in [-0.4, -0.2) is 62.7 Å². The van der Waals surface area contributed by atoms with E-state index < -0.39 is 0 Å². The van der Waals surface area contributed by atoms with Crippen LogP contribution in [-0.2, 0) is 4.74 Å². The molecule has 1 spiro atoms. The molecule has 0 unspecified atom stereocenters. The van der Waals surface area contributed by atoms with Crippen LogP contribution in [0.15, 0.2) is 30.3 Å². The lowest BCUT2D eigenvalue weighted by atomic mass is 9.77. The lowest BCUT2D eigenvalue weighted by Gasteiger charge is -2.30. The SMILES string of the molecule is COC[C@H]1CN(C)C[C@]12CCN(C(=O)c1ccccc1)C2. The first-order chi connectivity index (χ1) is 10.1. The van der Waals surface area contributed by atoms with Crippen molar-refractivity contribution in [3.05, 3.63) is 35.9 Å². The molecule has 4 nitrogen and oxygen atoms in total. The van der Waals surface area contributed by atoms with Gasteiger partial charge in [-0.15, -0.1) is 0 Å². The maximum Gasteiger partial charge on any atom is 0.253 e. The molecule has 0 aromatic heterocycles. The molecule has 0 N–H and O–H groups in total. The molecule has 21 heavy (non-hydrogen) atoms. The molecular formula is C17H24N2O2. The minimum atomic E-state index is 0.165. The van der Waals surface area contributed by atoms with Crippen LogP contribution in [0.3, 0.4) is 0 Å². The van der Waals surface area contributed by atoms with Gasteiger partial charge in [0.15, 0.2) is 0 Å². The Hall–Kier alpha value is -1.39. The molecule has 114 valence electrons. The molecule has 2 aliphatic heterocycles. The molecule has 0 bridgehead atoms. The summed E-state index contributed by atoms with van der Waals surface area (Å²) in [6.45, 7) is 4.65. The van der Waals surface area contributed by atoms with Gasteiger partial charge in [-0.2, -0.15) is 0 Å². The number of likely N-dealkylation sites (tertiary alicyclic amines) is 2. The second-order valence-corrected chi connectivity index (χ2v) is 6.55. The van der Waals surface area contributed by atoms with Gasteiger partial charge in [-0.3, -0.25) is 4.79 Å². The average Bonchev–Trinajstić information content (AvgIpc) is 3.04. The van der Waals surface area contributed by atoms with E-state index in [0.29, 0.717) is 5.92 Å². The number of rotatable bonds is 3. The second kappa shape index (κ2) is 5.78. The fraction of sp³-hybridized carbons (Fsp3) is 0.588. The van der Waals surface area contributed by atoms with Gasteiger partial charge in [-0.25, -0.2) is 0 Å². The highest BCUT2D eigenvalue weighted by molar-refractivity contribution is 5.94. The Balaban J connectivity index is 1.74. The van der Waals surface area contributed by atoms with Gasteiger partial charge in [-0.05, 0) is 25.6 Å². The predicted molar refractivity (Wildman–Crippen MR) is 82.3 cm³/mol. The zero-order valence-corrected chi connectivity index (χ0v) is 12.9. The molecule has 0 radical (unpaired) electrons. The second-order valence-electron chi connectivity index (χ2n) is 6.55. The molecule has 3 rings (SSSR count). The monoisotopic (exact) mass is 288 g/mol. The van der Waals surface area contributed by atoms with E-state index in [2.05, 4.69) is 11.9 Å². The van der Waals surface area contributed by atoms with Crippen LogP contribution >= 0.6 is 0 Å². The first kappa shape index (κ1) is 14.5. The maximum atomic E-state index is 12.6. The quantitative estimate of drug-likeness (QED) is 0.849. The summed E-state index contributed by atoms with van der Waals surface area (Å²) in [6.07, 6.45) is 1.09. The number of amides is 1. The molecular weight excluding hydrogens is 264 g/mol. The summed E-state index contributed by atoms with van der Waals surface area (Å²) in [7, 11) is 3.94. The van der Waals surface area contributed by atoms with Crippen LogP contribution in [0, 0.1) is 11.3 Å². The molecule has 4 heteroatoms. The molecule has 2 aliphatic rings. The lowest BCUT2D eigenvalue weighted by molar-refractivity contribution is 0.0716. The first-order valence-corrected chi connectivity index (χ1v) is 7.66. The van der Waals surface area contributed by atoms with Crippen LogP contribution < -0.4 is 0 Å². The van der Waals surface area contributed by atoms with E-state index in [4.69, 9.17) is 4.74 Å². The fourth-order valence-corrected chi connectivity index (χ4v) is 4.03. The topological polar surface area (TPSA) is 32.8 Å². The minimum Gasteiger partial charge on any atom is -0.384 e. The largest absolute Gasteiger partial charge is 0.384 e. The van der Waals surface area contributed by atoms with Gasteiger partial charge in [0.2, 0.25) is 0 Å². The smallest absolute Gasteiger partial charge is 0.253 e. The summed E-state index contributed by atoms with van der Waals surface area (Å²) < 4.78 is 5.41. The van der Waals surface area contributed by atoms with E-state index in [1.165, 1.54) is 0 Å². The van der Waals surface area contributed by atoms with Crippen molar-refractivity contribution in [3.8, 4) is 0 Å². The number of ether oxygens (including phenoxy) is 1. The Morgan fingerprint density at radius 2 is 2.10 bits per heavy atom. The average molecular weight is 288 g/mol. The van der Waals surface area contributed by atoms with Gasteiger partial charge in [0.25, 0.3) is 5.91 Å². The summed E-state index contributed by atoms with van der Waals surface area (Å²) in [5.74, 6) is 0.694. The van der Waals surface area contributed by atoms with Crippen molar-refractivity contribution in [2.45, 2.75) is 6.42 Å². The van der Waals surface area contributed by atoms with Crippen LogP contribution in [0.4, 0.5) is 0 Å². The molecule has 2 heterocycles. The number of carbonyl (C=O) groups excluding carboxylic acids is 1. The van der Waals surface area contributed by atoms with Gasteiger partial charge in [0, 0.05) is 50.2 Å². The van der Waals surface area contributed by atoms with Crippen molar-refractivity contribution in [2.24, 2.45) is 11.3 Å². The Labute approximate surface area is 126 Å². The molecule has 2 fully saturated rings. The zero-order chi connectivity index (χ0) is 14.9. The summed E-state index contributed by atoms with van der Waals surface area (Å²) >= 11 is 0. The van der Waals surface area contributed by atoms with Crippen molar-refractivity contribution in [1.29, 1.82) is 0 Å². The summed E-state index contributed by atoms with van der Waals surface area (Å²) in [4.78, 5) is 17.0. The number of benzene rings is 1. The van der Waals surface area contributed by atoms with E-state index in [1.54, 1.807) is 7.11 Å². The van der Waals surface area contributed by atoms with Crippen molar-refractivity contribution in [2.75, 3.05) is 46.9 Å². The van der Waals surface area contributed by atoms with Crippen LogP contribution in [0.2, 0.25) is 0 Å². The molecule has 1 aromatic rings. The summed E-state index contributed by atoms with van der Waals surface area (Å²) in [6, 6.07) is 9.61. The first-order valence-electron chi connectivity index (χ1n) is 7.66. The van der Waals surface area contributed by atoms with Crippen LogP contribution in [0.1, 0.15) is 16.8 Å². The lowest BCUT2D eigenvalue weighted by Crippen LogP contribution is -2.38. The van der Waals surface area contributed by atoms with Gasteiger partial charge in [0.1, 0.15) is 0 Å². The third kappa shape index (κ3) is 2.70. The van der Waals surface area contributed by atoms with Crippen molar-refractivity contribution >= 4 is 5.91 Å². The Morgan fingerprint density at radius 1 is 1.33 bits per heavy atom. The zero-order valence-electron chi connectivity index (χ0n) is 12.9. The van der Waals surface area contributed by atoms with E-state index >= 15 is 0 Å². The third-order valence-corrected chi connectivity index (χ3v) is 5.04. The molecule has 1 amide bonds. The van der Waals surface area contributed by atoms with Crippen molar-refractivity contribution < 1.29 is 9.53 Å². The van der Waals surface area contributed by atoms with E-state index in [9.17, 15) is 4.79 Å². The van der Waals surface area contributed by atoms with Gasteiger partial charge >= 0.3 is 0 Å². The molecule has 2 saturated heterocycles. The minimum absolute atomic E-state index is 0.165. The number of hydrogen-bond donors (Lipinski definition) is 0. The number of carbonyl (C=O) groups is 1. The highest BCUT2D eigenvalue weighted by Gasteiger charge is 2.50. The van der Waals surface area contributed by atoms with Crippen LogP contribution in [0.5, 0.6) is 0 Å². The number of nitrogens with zero attached hydrogens (tertiary/aromatic N) is 2. The molecule has 1 aromatic carbocycles. The van der Waals surface area contributed by atoms with Gasteiger partial charge in [-0.1, -0.05) is 18.2 Å². The van der Waals surface area contributed by atoms with E-state index in [1.807, 2.05) is 35.2 Å². The molecule has 0 saturated carbocycles. The van der Waals surface area contributed by atoms with Gasteiger partial charge in [0.05, 0.1) is 6.61 Å². The standard InChI is InChI=1S/C17H24N2O2/c1-18-10-15(11-21-2)17(12-18)8-9-19(13-17)16(20)14-6-4-3-5-7-14/h3-7,15H,8-13H2,1-2H3/t15-,17+/m1/s1. The highest BCUT2D eigenvalue weighted by atomic mass is 16.5. The predicted octanol–water partition coefficient (Wildman–Crippen LogP) is 1.73. The Morgan fingerprint density at radius 3 is 2.81 bits per heavy atom. The maximum absolute atomic E-state index is 12.6. The van der Waals surface area contributed by atoms with E-state index in [0.717, 1.165) is 44.8 Å². The number of hydrogen-bond acceptors (Lipinski definition) is 3. The summed E-state index contributed by atoms with van der Waals surface area (Å²) in [5, 5.41) is 0. The fourth-order valence-electron chi connectivity index (χ4n) is 4.03. The number of methoxy groups -OCH3 is 1. The normalized spacial score (nSPS) is 29.4. The van der Waals surface area contributed by atoms with Crippen molar-refractivity contribution in [3.63, 3.8) is 0 Å².